The number of hydrogen-bond donors (Lipinski definition) is 1. The van der Waals surface area contributed by atoms with E-state index in [9.17, 15) is 9.90 Å². The van der Waals surface area contributed by atoms with Crippen LogP contribution in [0, 0.1) is 0 Å². The summed E-state index contributed by atoms with van der Waals surface area (Å²) in [5.41, 5.74) is 2.47. The molecule has 0 fully saturated rings. The molecule has 0 spiro atoms. The van der Waals surface area contributed by atoms with Crippen LogP contribution in [0.5, 0.6) is 5.75 Å². The van der Waals surface area contributed by atoms with E-state index in [1.165, 1.54) is 0 Å². The number of carbonyl (C=O) groups is 1. The number of pyridine rings is 1. The van der Waals surface area contributed by atoms with Crippen LogP contribution in [0.25, 0.3) is 5.65 Å². The Morgan fingerprint density at radius 1 is 1.26 bits per heavy atom. The van der Waals surface area contributed by atoms with E-state index >= 15 is 0 Å². The number of benzene rings is 1. The molecule has 0 saturated heterocycles. The van der Waals surface area contributed by atoms with Gasteiger partial charge in [-0.05, 0) is 43.2 Å². The summed E-state index contributed by atoms with van der Waals surface area (Å²) in [5, 5.41) is 9.33. The second-order valence-electron chi connectivity index (χ2n) is 5.74. The van der Waals surface area contributed by atoms with Crippen molar-refractivity contribution in [3.63, 3.8) is 0 Å². The minimum Gasteiger partial charge on any atom is -0.508 e. The lowest BCUT2D eigenvalue weighted by Gasteiger charge is -2.25. The molecule has 5 nitrogen and oxygen atoms in total. The molecule has 1 N–H and O–H groups in total. The summed E-state index contributed by atoms with van der Waals surface area (Å²) in [6.07, 6.45) is 6.13. The quantitative estimate of drug-likeness (QED) is 0.806. The van der Waals surface area contributed by atoms with Crippen LogP contribution < -0.4 is 0 Å². The first-order valence-corrected chi connectivity index (χ1v) is 7.52. The monoisotopic (exact) mass is 309 g/mol. The predicted molar refractivity (Wildman–Crippen MR) is 88.6 cm³/mol. The van der Waals surface area contributed by atoms with Gasteiger partial charge in [0.1, 0.15) is 11.4 Å². The summed E-state index contributed by atoms with van der Waals surface area (Å²) < 4.78 is 1.87. The first-order chi connectivity index (χ1) is 11.0. The molecule has 1 atom stereocenters. The van der Waals surface area contributed by atoms with Gasteiger partial charge < -0.3 is 14.4 Å². The Morgan fingerprint density at radius 3 is 2.74 bits per heavy atom. The maximum absolute atomic E-state index is 12.6. The lowest BCUT2D eigenvalue weighted by Crippen LogP contribution is -2.36. The van der Waals surface area contributed by atoms with Crippen LogP contribution in [0.2, 0.25) is 0 Å². The van der Waals surface area contributed by atoms with Crippen molar-refractivity contribution < 1.29 is 9.90 Å². The van der Waals surface area contributed by atoms with Gasteiger partial charge >= 0.3 is 0 Å². The third kappa shape index (κ3) is 3.18. The first-order valence-electron chi connectivity index (χ1n) is 7.52. The maximum Gasteiger partial charge on any atom is 0.254 e. The number of carbonyl (C=O) groups excluding carboxylic acids is 1. The molecule has 0 aliphatic carbocycles. The summed E-state index contributed by atoms with van der Waals surface area (Å²) >= 11 is 0. The number of nitrogens with zero attached hydrogens (tertiary/aromatic N) is 3. The van der Waals surface area contributed by atoms with Gasteiger partial charge in [0.2, 0.25) is 0 Å². The summed E-state index contributed by atoms with van der Waals surface area (Å²) in [4.78, 5) is 18.6. The lowest BCUT2D eigenvalue weighted by atomic mass is 10.1. The molecule has 3 rings (SSSR count). The van der Waals surface area contributed by atoms with Crippen LogP contribution in [-0.4, -0.2) is 38.4 Å². The van der Waals surface area contributed by atoms with Crippen molar-refractivity contribution in [1.82, 2.24) is 14.3 Å². The van der Waals surface area contributed by atoms with Crippen molar-refractivity contribution in [2.75, 3.05) is 7.05 Å². The highest BCUT2D eigenvalue weighted by Gasteiger charge is 2.18. The second-order valence-corrected chi connectivity index (χ2v) is 5.74. The second kappa shape index (κ2) is 6.12. The molecule has 23 heavy (non-hydrogen) atoms. The Labute approximate surface area is 134 Å². The number of amides is 1. The lowest BCUT2D eigenvalue weighted by molar-refractivity contribution is 0.0743. The standard InChI is InChI=1S/C18H19N3O2/c1-13(11-14-3-5-16(22)6-4-14)20(2)18(23)15-7-9-21-10-8-19-17(21)12-15/h3-10,12-13,22H,11H2,1-2H3/t13-/m1/s1. The van der Waals surface area contributed by atoms with Gasteiger partial charge in [-0.25, -0.2) is 4.98 Å². The van der Waals surface area contributed by atoms with Crippen molar-refractivity contribution in [3.8, 4) is 5.75 Å². The van der Waals surface area contributed by atoms with Gasteiger partial charge in [0, 0.05) is 37.2 Å². The Kier molecular flexibility index (Phi) is 4.02. The maximum atomic E-state index is 12.6. The number of aromatic nitrogens is 2. The Balaban J connectivity index is 1.73. The summed E-state index contributed by atoms with van der Waals surface area (Å²) in [5.74, 6) is 0.223. The van der Waals surface area contributed by atoms with Gasteiger partial charge in [-0.1, -0.05) is 12.1 Å². The van der Waals surface area contributed by atoms with E-state index in [0.717, 1.165) is 17.6 Å². The van der Waals surface area contributed by atoms with Gasteiger partial charge in [0.15, 0.2) is 0 Å². The molecule has 0 unspecified atom stereocenters. The van der Waals surface area contributed by atoms with Gasteiger partial charge in [0.05, 0.1) is 0 Å². The average Bonchev–Trinajstić information content (AvgIpc) is 3.03. The van der Waals surface area contributed by atoms with E-state index in [4.69, 9.17) is 0 Å². The number of likely N-dealkylation sites (N-methyl/N-ethyl adjacent to an activating group) is 1. The number of phenols is 1. The van der Waals surface area contributed by atoms with Crippen molar-refractivity contribution in [3.05, 3.63) is 66.1 Å². The molecule has 2 aromatic heterocycles. The van der Waals surface area contributed by atoms with E-state index in [-0.39, 0.29) is 17.7 Å². The van der Waals surface area contributed by atoms with Gasteiger partial charge in [-0.3, -0.25) is 4.79 Å². The van der Waals surface area contributed by atoms with Crippen molar-refractivity contribution in [2.24, 2.45) is 0 Å². The summed E-state index contributed by atoms with van der Waals surface area (Å²) in [6.45, 7) is 2.01. The summed E-state index contributed by atoms with van der Waals surface area (Å²) in [6, 6.07) is 10.7. The van der Waals surface area contributed by atoms with Crippen LogP contribution >= 0.6 is 0 Å². The van der Waals surface area contributed by atoms with E-state index in [0.29, 0.717) is 5.56 Å². The van der Waals surface area contributed by atoms with E-state index in [2.05, 4.69) is 4.98 Å². The summed E-state index contributed by atoms with van der Waals surface area (Å²) in [7, 11) is 1.81. The van der Waals surface area contributed by atoms with E-state index in [1.807, 2.05) is 42.9 Å². The van der Waals surface area contributed by atoms with E-state index < -0.39 is 0 Å². The fourth-order valence-corrected chi connectivity index (χ4v) is 2.56. The van der Waals surface area contributed by atoms with Gasteiger partial charge in [0.25, 0.3) is 5.91 Å². The molecule has 0 saturated carbocycles. The third-order valence-corrected chi connectivity index (χ3v) is 4.09. The molecule has 3 aromatic rings. The van der Waals surface area contributed by atoms with Crippen molar-refractivity contribution in [2.45, 2.75) is 19.4 Å². The largest absolute Gasteiger partial charge is 0.508 e. The minimum absolute atomic E-state index is 0.0261. The zero-order valence-electron chi connectivity index (χ0n) is 13.2. The molecular weight excluding hydrogens is 290 g/mol. The number of rotatable bonds is 4. The van der Waals surface area contributed by atoms with Crippen LogP contribution in [0.4, 0.5) is 0 Å². The van der Waals surface area contributed by atoms with Crippen molar-refractivity contribution in [1.29, 1.82) is 0 Å². The normalized spacial score (nSPS) is 12.3. The molecule has 1 amide bonds. The number of hydrogen-bond acceptors (Lipinski definition) is 3. The average molecular weight is 309 g/mol. The molecule has 0 aliphatic heterocycles. The zero-order valence-corrected chi connectivity index (χ0v) is 13.2. The Bertz CT molecular complexity index is 824. The van der Waals surface area contributed by atoms with Gasteiger partial charge in [-0.15, -0.1) is 0 Å². The highest BCUT2D eigenvalue weighted by atomic mass is 16.3. The molecule has 5 heteroatoms. The highest BCUT2D eigenvalue weighted by molar-refractivity contribution is 5.95. The first kappa shape index (κ1) is 15.1. The van der Waals surface area contributed by atoms with Crippen LogP contribution in [0.15, 0.2) is 55.0 Å². The molecule has 0 aliphatic rings. The predicted octanol–water partition coefficient (Wildman–Crippen LogP) is 2.74. The van der Waals surface area contributed by atoms with Crippen LogP contribution in [-0.2, 0) is 6.42 Å². The Hall–Kier alpha value is -2.82. The minimum atomic E-state index is -0.0261. The third-order valence-electron chi connectivity index (χ3n) is 4.09. The number of aromatic hydroxyl groups is 1. The molecule has 118 valence electrons. The molecule has 2 heterocycles. The van der Waals surface area contributed by atoms with E-state index in [1.54, 1.807) is 35.4 Å². The molecule has 1 aromatic carbocycles. The SMILES string of the molecule is C[C@H](Cc1ccc(O)cc1)N(C)C(=O)c1ccn2ccnc2c1. The van der Waals surface area contributed by atoms with Crippen molar-refractivity contribution >= 4 is 11.6 Å². The smallest absolute Gasteiger partial charge is 0.254 e. The molecular formula is C18H19N3O2. The molecule has 0 bridgehead atoms. The number of phenolic OH excluding ortho intramolecular Hbond substituents is 1. The Morgan fingerprint density at radius 2 is 2.00 bits per heavy atom. The van der Waals surface area contributed by atoms with Gasteiger partial charge in [-0.2, -0.15) is 0 Å². The number of fused-ring (bicyclic) bond motifs is 1. The number of imidazole rings is 1. The van der Waals surface area contributed by atoms with Crippen LogP contribution in [0.3, 0.4) is 0 Å². The topological polar surface area (TPSA) is 57.8 Å². The van der Waals surface area contributed by atoms with Crippen LogP contribution in [0.1, 0.15) is 22.8 Å². The molecule has 0 radical (unpaired) electrons. The zero-order chi connectivity index (χ0) is 16.4. The fourth-order valence-electron chi connectivity index (χ4n) is 2.56. The fraction of sp³-hybridized carbons (Fsp3) is 0.222. The highest BCUT2D eigenvalue weighted by Crippen LogP contribution is 2.15.